The summed E-state index contributed by atoms with van der Waals surface area (Å²) < 4.78 is 0.894. The number of carbonyl (C=O) groups is 3. The van der Waals surface area contributed by atoms with Gasteiger partial charge in [0, 0.05) is 31.6 Å². The van der Waals surface area contributed by atoms with E-state index in [1.807, 2.05) is 53.9 Å². The molecule has 0 radical (unpaired) electrons. The monoisotopic (exact) mass is 750 g/mol. The van der Waals surface area contributed by atoms with Gasteiger partial charge in [-0.05, 0) is 79.2 Å². The molecule has 3 amide bonds. The molecule has 3 N–H and O–H groups in total. The molecular formula is C34H25BrCl2N4O3S2. The van der Waals surface area contributed by atoms with Crippen LogP contribution in [0.5, 0.6) is 0 Å². The lowest BCUT2D eigenvalue weighted by Gasteiger charge is -2.13. The van der Waals surface area contributed by atoms with Gasteiger partial charge in [0.15, 0.2) is 5.13 Å². The lowest BCUT2D eigenvalue weighted by Crippen LogP contribution is -2.30. The predicted octanol–water partition coefficient (Wildman–Crippen LogP) is 9.41. The summed E-state index contributed by atoms with van der Waals surface area (Å²) in [7, 11) is 0. The van der Waals surface area contributed by atoms with Gasteiger partial charge in [0.05, 0.1) is 21.0 Å². The van der Waals surface area contributed by atoms with E-state index in [2.05, 4.69) is 36.9 Å². The summed E-state index contributed by atoms with van der Waals surface area (Å²) in [5, 5.41) is 11.2. The number of benzene rings is 4. The zero-order chi connectivity index (χ0) is 32.6. The summed E-state index contributed by atoms with van der Waals surface area (Å²) >= 11 is 18.2. The van der Waals surface area contributed by atoms with Gasteiger partial charge in [-0.25, -0.2) is 4.98 Å². The van der Waals surface area contributed by atoms with Gasteiger partial charge in [0.2, 0.25) is 5.91 Å². The van der Waals surface area contributed by atoms with E-state index in [4.69, 9.17) is 23.2 Å². The molecule has 5 rings (SSSR count). The largest absolute Gasteiger partial charge is 0.321 e. The van der Waals surface area contributed by atoms with Gasteiger partial charge in [-0.1, -0.05) is 75.5 Å². The summed E-state index contributed by atoms with van der Waals surface area (Å²) in [4.78, 5) is 44.4. The van der Waals surface area contributed by atoms with Crippen molar-refractivity contribution in [2.45, 2.75) is 17.1 Å². The number of thioether (sulfide) groups is 1. The van der Waals surface area contributed by atoms with Gasteiger partial charge >= 0.3 is 0 Å². The second kappa shape index (κ2) is 15.6. The van der Waals surface area contributed by atoms with Crippen molar-refractivity contribution in [3.05, 3.63) is 134 Å². The lowest BCUT2D eigenvalue weighted by molar-refractivity contribution is -0.115. The van der Waals surface area contributed by atoms with E-state index in [0.717, 1.165) is 20.5 Å². The van der Waals surface area contributed by atoms with E-state index >= 15 is 0 Å². The molecule has 12 heteroatoms. The van der Waals surface area contributed by atoms with Crippen molar-refractivity contribution in [1.82, 2.24) is 10.3 Å². The molecular weight excluding hydrogens is 727 g/mol. The first-order chi connectivity index (χ1) is 22.1. The number of amides is 3. The zero-order valence-corrected chi connectivity index (χ0v) is 28.8. The molecule has 0 saturated carbocycles. The Morgan fingerprint density at radius 2 is 1.61 bits per heavy atom. The Kier molecular flexibility index (Phi) is 11.3. The summed E-state index contributed by atoms with van der Waals surface area (Å²) in [6.07, 6.45) is 1.61. The first-order valence-electron chi connectivity index (χ1n) is 13.8. The van der Waals surface area contributed by atoms with E-state index in [1.54, 1.807) is 61.5 Å². The van der Waals surface area contributed by atoms with Crippen LogP contribution in [0.2, 0.25) is 10.0 Å². The Morgan fingerprint density at radius 3 is 2.30 bits per heavy atom. The van der Waals surface area contributed by atoms with Crippen molar-refractivity contribution < 1.29 is 14.4 Å². The molecule has 5 aromatic rings. The van der Waals surface area contributed by atoms with Crippen LogP contribution in [0.1, 0.15) is 22.8 Å². The van der Waals surface area contributed by atoms with Crippen LogP contribution in [0.3, 0.4) is 0 Å². The minimum Gasteiger partial charge on any atom is -0.321 e. The van der Waals surface area contributed by atoms with Gasteiger partial charge in [-0.3, -0.25) is 14.4 Å². The van der Waals surface area contributed by atoms with Crippen molar-refractivity contribution in [1.29, 1.82) is 0 Å². The average molecular weight is 753 g/mol. The first kappa shape index (κ1) is 33.4. The Labute approximate surface area is 292 Å². The van der Waals surface area contributed by atoms with Crippen LogP contribution < -0.4 is 16.0 Å². The topological polar surface area (TPSA) is 100 Å². The number of carbonyl (C=O) groups excluding carboxylic acids is 3. The Balaban J connectivity index is 1.21. The molecule has 1 heterocycles. The van der Waals surface area contributed by atoms with Crippen LogP contribution in [-0.2, 0) is 9.59 Å². The highest BCUT2D eigenvalue weighted by Crippen LogP contribution is 2.31. The minimum absolute atomic E-state index is 0.0874. The highest BCUT2D eigenvalue weighted by atomic mass is 79.9. The SMILES string of the molecule is CC(Sc1ccc(NC(=O)/C(=C/c2ccc(Br)cc2)NC(=O)c2ccccc2)cc1)C(=O)Nc1nc(-c2ccc(Cl)c(Cl)c2)cs1. The third-order valence-corrected chi connectivity index (χ3v) is 9.59. The van der Waals surface area contributed by atoms with Gasteiger partial charge in [-0.15, -0.1) is 23.1 Å². The number of nitrogens with zero attached hydrogens (tertiary/aromatic N) is 1. The van der Waals surface area contributed by atoms with Crippen LogP contribution in [0.15, 0.2) is 118 Å². The summed E-state index contributed by atoms with van der Waals surface area (Å²) in [5.74, 6) is -1.08. The molecule has 46 heavy (non-hydrogen) atoms. The lowest BCUT2D eigenvalue weighted by atomic mass is 10.1. The molecule has 0 aliphatic rings. The highest BCUT2D eigenvalue weighted by molar-refractivity contribution is 9.10. The summed E-state index contributed by atoms with van der Waals surface area (Å²) in [6, 6.07) is 28.4. The molecule has 0 aliphatic carbocycles. The number of anilines is 2. The van der Waals surface area contributed by atoms with Crippen molar-refractivity contribution in [3.63, 3.8) is 0 Å². The Morgan fingerprint density at radius 1 is 0.891 bits per heavy atom. The van der Waals surface area contributed by atoms with Crippen LogP contribution in [0.25, 0.3) is 17.3 Å². The number of nitrogens with one attached hydrogen (secondary N) is 3. The van der Waals surface area contributed by atoms with Gasteiger partial charge in [0.25, 0.3) is 11.8 Å². The van der Waals surface area contributed by atoms with Crippen molar-refractivity contribution in [2.24, 2.45) is 0 Å². The standard InChI is InChI=1S/C34H25BrCl2N4O3S2/c1-20(31(42)41-34-40-30(19-45-34)23-9-16-27(36)28(37)18-23)46-26-14-12-25(13-15-26)38-33(44)29(17-21-7-10-24(35)11-8-21)39-32(43)22-5-3-2-4-6-22/h2-20H,1H3,(H,38,44)(H,39,43)(H,40,41,42)/b29-17-. The normalized spacial score (nSPS) is 11.9. The van der Waals surface area contributed by atoms with Crippen LogP contribution in [-0.4, -0.2) is 28.0 Å². The maximum atomic E-state index is 13.3. The van der Waals surface area contributed by atoms with Crippen LogP contribution >= 0.6 is 62.2 Å². The highest BCUT2D eigenvalue weighted by Gasteiger charge is 2.18. The number of halogens is 3. The van der Waals surface area contributed by atoms with Crippen molar-refractivity contribution >= 4 is 96.8 Å². The third kappa shape index (κ3) is 9.08. The maximum absolute atomic E-state index is 13.3. The van der Waals surface area contributed by atoms with Crippen molar-refractivity contribution in [3.8, 4) is 11.3 Å². The molecule has 1 aromatic heterocycles. The zero-order valence-electron chi connectivity index (χ0n) is 24.1. The van der Waals surface area contributed by atoms with Gasteiger partial charge in [0.1, 0.15) is 5.70 Å². The molecule has 0 fully saturated rings. The molecule has 0 aliphatic heterocycles. The Bertz CT molecular complexity index is 1900. The second-order valence-corrected chi connectivity index (χ2v) is 13.8. The third-order valence-electron chi connectivity index (χ3n) is 6.45. The fraction of sp³-hybridized carbons (Fsp3) is 0.0588. The Hall–Kier alpha value is -3.93. The smallest absolute Gasteiger partial charge is 0.272 e. The average Bonchev–Trinajstić information content (AvgIpc) is 3.52. The quantitative estimate of drug-likeness (QED) is 0.0976. The van der Waals surface area contributed by atoms with Crippen LogP contribution in [0.4, 0.5) is 10.8 Å². The number of hydrogen-bond donors (Lipinski definition) is 3. The summed E-state index contributed by atoms with van der Waals surface area (Å²) in [5.41, 5.74) is 3.27. The molecule has 0 saturated heterocycles. The molecule has 1 atom stereocenters. The molecule has 0 spiro atoms. The van der Waals surface area contributed by atoms with E-state index in [0.29, 0.717) is 32.1 Å². The predicted molar refractivity (Wildman–Crippen MR) is 193 cm³/mol. The van der Waals surface area contributed by atoms with E-state index in [1.165, 1.54) is 23.1 Å². The molecule has 232 valence electrons. The fourth-order valence-electron chi connectivity index (χ4n) is 4.07. The van der Waals surface area contributed by atoms with Crippen molar-refractivity contribution in [2.75, 3.05) is 10.6 Å². The fourth-order valence-corrected chi connectivity index (χ4v) is 6.22. The van der Waals surface area contributed by atoms with Gasteiger partial charge < -0.3 is 16.0 Å². The summed E-state index contributed by atoms with van der Waals surface area (Å²) in [6.45, 7) is 1.80. The molecule has 4 aromatic carbocycles. The first-order valence-corrected chi connectivity index (χ1v) is 17.1. The maximum Gasteiger partial charge on any atom is 0.272 e. The second-order valence-electron chi connectivity index (χ2n) is 9.82. The molecule has 0 bridgehead atoms. The van der Waals surface area contributed by atoms with Crippen LogP contribution in [0, 0.1) is 0 Å². The number of aromatic nitrogens is 1. The minimum atomic E-state index is -0.482. The molecule has 7 nitrogen and oxygen atoms in total. The molecule has 1 unspecified atom stereocenters. The number of rotatable bonds is 10. The van der Waals surface area contributed by atoms with E-state index in [9.17, 15) is 14.4 Å². The number of hydrogen-bond acceptors (Lipinski definition) is 6. The van der Waals surface area contributed by atoms with Gasteiger partial charge in [-0.2, -0.15) is 0 Å². The number of thiazole rings is 1. The van der Waals surface area contributed by atoms with E-state index in [-0.39, 0.29) is 11.6 Å². The van der Waals surface area contributed by atoms with E-state index < -0.39 is 17.1 Å².